The summed E-state index contributed by atoms with van der Waals surface area (Å²) >= 11 is 3.43. The maximum absolute atomic E-state index is 13.5. The number of benzene rings is 3. The topological polar surface area (TPSA) is 86.8 Å². The van der Waals surface area contributed by atoms with Crippen LogP contribution in [0, 0.1) is 0 Å². The number of nitrogens with one attached hydrogen (secondary N) is 1. The largest absolute Gasteiger partial charge is 0.350 e. The van der Waals surface area contributed by atoms with Gasteiger partial charge in [0.1, 0.15) is 6.04 Å². The average Bonchev–Trinajstić information content (AvgIpc) is 2.80. The molecule has 3 rings (SSSR count). The van der Waals surface area contributed by atoms with Crippen LogP contribution in [0.25, 0.3) is 10.8 Å². The number of rotatable bonds is 8. The molecule has 0 aliphatic carbocycles. The van der Waals surface area contributed by atoms with E-state index in [1.54, 1.807) is 19.1 Å². The van der Waals surface area contributed by atoms with Gasteiger partial charge in [0.2, 0.25) is 21.8 Å². The Kier molecular flexibility index (Phi) is 8.59. The first-order valence-electron chi connectivity index (χ1n) is 11.6. The molecule has 36 heavy (non-hydrogen) atoms. The highest BCUT2D eigenvalue weighted by Gasteiger charge is 2.31. The van der Waals surface area contributed by atoms with E-state index in [-0.39, 0.29) is 17.3 Å². The first-order valence-corrected chi connectivity index (χ1v) is 13.8. The molecule has 0 unspecified atom stereocenters. The quantitative estimate of drug-likeness (QED) is 0.428. The molecule has 0 saturated carbocycles. The van der Waals surface area contributed by atoms with Gasteiger partial charge < -0.3 is 10.2 Å². The van der Waals surface area contributed by atoms with E-state index in [0.717, 1.165) is 25.1 Å². The van der Waals surface area contributed by atoms with Gasteiger partial charge >= 0.3 is 0 Å². The molecular formula is C27H32BrN3O4S. The van der Waals surface area contributed by atoms with Crippen molar-refractivity contribution in [2.24, 2.45) is 0 Å². The van der Waals surface area contributed by atoms with Gasteiger partial charge in [0.15, 0.2) is 0 Å². The molecule has 1 N–H and O–H groups in total. The summed E-state index contributed by atoms with van der Waals surface area (Å²) in [6, 6.07) is 19.0. The first-order chi connectivity index (χ1) is 16.8. The molecule has 3 aromatic rings. The van der Waals surface area contributed by atoms with E-state index < -0.39 is 34.1 Å². The van der Waals surface area contributed by atoms with Crippen molar-refractivity contribution >= 4 is 48.5 Å². The molecule has 3 aromatic carbocycles. The first kappa shape index (κ1) is 27.8. The normalized spacial score (nSPS) is 13.0. The summed E-state index contributed by atoms with van der Waals surface area (Å²) in [6.45, 7) is 6.98. The van der Waals surface area contributed by atoms with Gasteiger partial charge in [-0.25, -0.2) is 8.42 Å². The minimum Gasteiger partial charge on any atom is -0.350 e. The zero-order valence-corrected chi connectivity index (χ0v) is 23.6. The average molecular weight is 575 g/mol. The Bertz CT molecular complexity index is 1370. The van der Waals surface area contributed by atoms with E-state index in [1.807, 2.05) is 69.3 Å². The van der Waals surface area contributed by atoms with Crippen LogP contribution in [-0.2, 0) is 26.2 Å². The van der Waals surface area contributed by atoms with E-state index in [9.17, 15) is 18.0 Å². The number of carbonyl (C=O) groups is 2. The van der Waals surface area contributed by atoms with E-state index in [0.29, 0.717) is 0 Å². The highest BCUT2D eigenvalue weighted by atomic mass is 79.9. The van der Waals surface area contributed by atoms with Gasteiger partial charge in [0.25, 0.3) is 0 Å². The SMILES string of the molecule is C[C@H](C(=O)NC(C)(C)C)N(Cc1cccc(Br)c1)C(=O)CN(C)S(=O)(=O)c1ccc2ccccc2c1. The molecule has 0 fully saturated rings. The van der Waals surface area contributed by atoms with Crippen LogP contribution in [0.4, 0.5) is 0 Å². The Hall–Kier alpha value is -2.75. The van der Waals surface area contributed by atoms with Crippen molar-refractivity contribution in [1.82, 2.24) is 14.5 Å². The third-order valence-corrected chi connectivity index (χ3v) is 7.99. The summed E-state index contributed by atoms with van der Waals surface area (Å²) < 4.78 is 28.5. The van der Waals surface area contributed by atoms with Crippen LogP contribution in [-0.4, -0.2) is 54.6 Å². The molecule has 0 spiro atoms. The summed E-state index contributed by atoms with van der Waals surface area (Å²) in [4.78, 5) is 27.9. The lowest BCUT2D eigenvalue weighted by molar-refractivity contribution is -0.141. The second-order valence-corrected chi connectivity index (χ2v) is 12.8. The van der Waals surface area contributed by atoms with E-state index in [1.165, 1.54) is 18.0 Å². The number of likely N-dealkylation sites (N-methyl/N-ethyl adjacent to an activating group) is 1. The van der Waals surface area contributed by atoms with E-state index in [4.69, 9.17) is 0 Å². The summed E-state index contributed by atoms with van der Waals surface area (Å²) in [5.41, 5.74) is 0.333. The highest BCUT2D eigenvalue weighted by molar-refractivity contribution is 9.10. The van der Waals surface area contributed by atoms with Gasteiger partial charge in [-0.3, -0.25) is 9.59 Å². The van der Waals surface area contributed by atoms with Crippen molar-refractivity contribution in [3.63, 3.8) is 0 Å². The van der Waals surface area contributed by atoms with Gasteiger partial charge in [0, 0.05) is 23.6 Å². The molecule has 0 aromatic heterocycles. The smallest absolute Gasteiger partial charge is 0.243 e. The van der Waals surface area contributed by atoms with Gasteiger partial charge in [-0.2, -0.15) is 4.31 Å². The molecule has 7 nitrogen and oxygen atoms in total. The van der Waals surface area contributed by atoms with Crippen molar-refractivity contribution < 1.29 is 18.0 Å². The maximum Gasteiger partial charge on any atom is 0.243 e. The molecule has 192 valence electrons. The van der Waals surface area contributed by atoms with E-state index in [2.05, 4.69) is 21.2 Å². The standard InChI is InChI=1S/C27H32BrN3O4S/c1-19(26(33)29-27(2,3)4)31(17-20-9-8-12-23(28)15-20)25(32)18-30(5)36(34,35)24-14-13-21-10-6-7-11-22(21)16-24/h6-16,19H,17-18H2,1-5H3,(H,29,33)/t19-/m1/s1. The lowest BCUT2D eigenvalue weighted by atomic mass is 10.1. The van der Waals surface area contributed by atoms with E-state index >= 15 is 0 Å². The van der Waals surface area contributed by atoms with Crippen LogP contribution >= 0.6 is 15.9 Å². The second kappa shape index (κ2) is 11.1. The molecule has 9 heteroatoms. The van der Waals surface area contributed by atoms with Crippen LogP contribution in [0.5, 0.6) is 0 Å². The molecule has 1 atom stereocenters. The number of hydrogen-bond acceptors (Lipinski definition) is 4. The van der Waals surface area contributed by atoms with Crippen LogP contribution in [0.2, 0.25) is 0 Å². The molecular weight excluding hydrogens is 542 g/mol. The lowest BCUT2D eigenvalue weighted by Gasteiger charge is -2.32. The lowest BCUT2D eigenvalue weighted by Crippen LogP contribution is -2.54. The number of fused-ring (bicyclic) bond motifs is 1. The zero-order valence-electron chi connectivity index (χ0n) is 21.2. The summed E-state index contributed by atoms with van der Waals surface area (Å²) in [5.74, 6) is -0.788. The van der Waals surface area contributed by atoms with Crippen molar-refractivity contribution in [2.75, 3.05) is 13.6 Å². The minimum absolute atomic E-state index is 0.105. The van der Waals surface area contributed by atoms with Crippen molar-refractivity contribution in [3.8, 4) is 0 Å². The fraction of sp³-hybridized carbons (Fsp3) is 0.333. The number of hydrogen-bond donors (Lipinski definition) is 1. The highest BCUT2D eigenvalue weighted by Crippen LogP contribution is 2.22. The van der Waals surface area contributed by atoms with Crippen molar-refractivity contribution in [2.45, 2.75) is 50.7 Å². The molecule has 2 amide bonds. The fourth-order valence-corrected chi connectivity index (χ4v) is 5.37. The number of nitrogens with zero attached hydrogens (tertiary/aromatic N) is 2. The van der Waals surface area contributed by atoms with Crippen LogP contribution in [0.1, 0.15) is 33.3 Å². The summed E-state index contributed by atoms with van der Waals surface area (Å²) in [5, 5.41) is 4.62. The van der Waals surface area contributed by atoms with Gasteiger partial charge in [-0.1, -0.05) is 58.4 Å². The summed E-state index contributed by atoms with van der Waals surface area (Å²) in [7, 11) is -2.56. The Labute approximate surface area is 221 Å². The predicted octanol–water partition coefficient (Wildman–Crippen LogP) is 4.55. The maximum atomic E-state index is 13.5. The van der Waals surface area contributed by atoms with Crippen molar-refractivity contribution in [3.05, 3.63) is 76.8 Å². The van der Waals surface area contributed by atoms with Gasteiger partial charge in [-0.15, -0.1) is 0 Å². The van der Waals surface area contributed by atoms with Crippen LogP contribution < -0.4 is 5.32 Å². The molecule has 0 radical (unpaired) electrons. The minimum atomic E-state index is -3.94. The predicted molar refractivity (Wildman–Crippen MR) is 146 cm³/mol. The van der Waals surface area contributed by atoms with Crippen LogP contribution in [0.3, 0.4) is 0 Å². The number of sulfonamides is 1. The monoisotopic (exact) mass is 573 g/mol. The summed E-state index contributed by atoms with van der Waals surface area (Å²) in [6.07, 6.45) is 0. The molecule has 0 heterocycles. The third-order valence-electron chi connectivity index (χ3n) is 5.69. The molecule has 0 aliphatic rings. The van der Waals surface area contributed by atoms with Gasteiger partial charge in [0.05, 0.1) is 11.4 Å². The van der Waals surface area contributed by atoms with Crippen molar-refractivity contribution in [1.29, 1.82) is 0 Å². The Morgan fingerprint density at radius 2 is 1.64 bits per heavy atom. The fourth-order valence-electron chi connectivity index (χ4n) is 3.76. The number of halogens is 1. The Morgan fingerprint density at radius 3 is 2.28 bits per heavy atom. The Morgan fingerprint density at radius 1 is 0.972 bits per heavy atom. The molecule has 0 aliphatic heterocycles. The number of amides is 2. The molecule has 0 saturated heterocycles. The molecule has 0 bridgehead atoms. The number of carbonyl (C=O) groups excluding carboxylic acids is 2. The second-order valence-electron chi connectivity index (χ2n) is 9.84. The van der Waals surface area contributed by atoms with Crippen LogP contribution in [0.15, 0.2) is 76.1 Å². The third kappa shape index (κ3) is 6.93. The zero-order chi connectivity index (χ0) is 26.7. The van der Waals surface area contributed by atoms with Gasteiger partial charge in [-0.05, 0) is 68.3 Å². The Balaban J connectivity index is 1.86.